The molecule has 0 saturated carbocycles. The fourth-order valence-electron chi connectivity index (χ4n) is 2.50. The van der Waals surface area contributed by atoms with Crippen LogP contribution >= 0.6 is 27.3 Å². The minimum atomic E-state index is -0.168. The van der Waals surface area contributed by atoms with Crippen LogP contribution in [0.1, 0.15) is 53.5 Å². The standard InChI is InChI=1S/C20H26BrN3O2S/c1-13(2)9-22-19(25)17-12-27-18(23-17)11-24(10-14(3)4)20(26)15-7-5-6-8-16(15)21/h5-8,12-14H,9-11H2,1-4H3,(H,22,25). The van der Waals surface area contributed by atoms with Crippen molar-refractivity contribution in [1.29, 1.82) is 0 Å². The first-order chi connectivity index (χ1) is 12.8. The van der Waals surface area contributed by atoms with Gasteiger partial charge in [0, 0.05) is 22.9 Å². The summed E-state index contributed by atoms with van der Waals surface area (Å²) < 4.78 is 0.775. The molecule has 0 atom stereocenters. The summed E-state index contributed by atoms with van der Waals surface area (Å²) in [5.41, 5.74) is 1.04. The van der Waals surface area contributed by atoms with Crippen molar-refractivity contribution in [3.8, 4) is 0 Å². The normalized spacial score (nSPS) is 11.1. The van der Waals surface area contributed by atoms with Crippen LogP contribution in [0.25, 0.3) is 0 Å². The molecule has 0 saturated heterocycles. The molecule has 7 heteroatoms. The minimum Gasteiger partial charge on any atom is -0.350 e. The van der Waals surface area contributed by atoms with E-state index < -0.39 is 0 Å². The average Bonchev–Trinajstić information content (AvgIpc) is 3.07. The minimum absolute atomic E-state index is 0.0443. The Morgan fingerprint density at radius 3 is 2.52 bits per heavy atom. The molecule has 27 heavy (non-hydrogen) atoms. The van der Waals surface area contributed by atoms with Crippen LogP contribution in [0.15, 0.2) is 34.1 Å². The third kappa shape index (κ3) is 6.43. The molecular formula is C20H26BrN3O2S. The fraction of sp³-hybridized carbons (Fsp3) is 0.450. The number of nitrogens with zero attached hydrogens (tertiary/aromatic N) is 2. The second kappa shape index (κ2) is 9.99. The summed E-state index contributed by atoms with van der Waals surface area (Å²) in [7, 11) is 0. The Labute approximate surface area is 173 Å². The lowest BCUT2D eigenvalue weighted by Crippen LogP contribution is -2.34. The van der Waals surface area contributed by atoms with Crippen molar-refractivity contribution in [2.75, 3.05) is 13.1 Å². The molecule has 2 rings (SSSR count). The smallest absolute Gasteiger partial charge is 0.270 e. The van der Waals surface area contributed by atoms with Gasteiger partial charge in [0.2, 0.25) is 0 Å². The van der Waals surface area contributed by atoms with E-state index in [2.05, 4.69) is 40.1 Å². The van der Waals surface area contributed by atoms with E-state index in [4.69, 9.17) is 0 Å². The topological polar surface area (TPSA) is 62.3 Å². The molecular weight excluding hydrogens is 426 g/mol. The van der Waals surface area contributed by atoms with Crippen LogP contribution in [0.4, 0.5) is 0 Å². The highest BCUT2D eigenvalue weighted by atomic mass is 79.9. The molecule has 0 fully saturated rings. The third-order valence-corrected chi connectivity index (χ3v) is 5.28. The number of aromatic nitrogens is 1. The maximum Gasteiger partial charge on any atom is 0.270 e. The Morgan fingerprint density at radius 1 is 1.19 bits per heavy atom. The van der Waals surface area contributed by atoms with Crippen LogP contribution in [0.3, 0.4) is 0 Å². The van der Waals surface area contributed by atoms with E-state index >= 15 is 0 Å². The van der Waals surface area contributed by atoms with E-state index in [1.807, 2.05) is 38.1 Å². The van der Waals surface area contributed by atoms with Gasteiger partial charge in [-0.1, -0.05) is 39.8 Å². The third-order valence-electron chi connectivity index (χ3n) is 3.76. The van der Waals surface area contributed by atoms with Gasteiger partial charge in [0.15, 0.2) is 0 Å². The molecule has 2 amide bonds. The van der Waals surface area contributed by atoms with Gasteiger partial charge >= 0.3 is 0 Å². The molecule has 5 nitrogen and oxygen atoms in total. The van der Waals surface area contributed by atoms with Gasteiger partial charge in [-0.15, -0.1) is 11.3 Å². The lowest BCUT2D eigenvalue weighted by Gasteiger charge is -2.24. The Morgan fingerprint density at radius 2 is 1.89 bits per heavy atom. The van der Waals surface area contributed by atoms with Crippen molar-refractivity contribution in [3.63, 3.8) is 0 Å². The maximum absolute atomic E-state index is 13.0. The van der Waals surface area contributed by atoms with E-state index in [1.54, 1.807) is 10.3 Å². The molecule has 1 aromatic heterocycles. The summed E-state index contributed by atoms with van der Waals surface area (Å²) in [6, 6.07) is 7.41. The SMILES string of the molecule is CC(C)CNC(=O)c1csc(CN(CC(C)C)C(=O)c2ccccc2Br)n1. The average molecular weight is 452 g/mol. The van der Waals surface area contributed by atoms with E-state index in [0.717, 1.165) is 9.48 Å². The first kappa shape index (κ1) is 21.6. The number of rotatable bonds is 8. The van der Waals surface area contributed by atoms with Crippen LogP contribution in [0.5, 0.6) is 0 Å². The highest BCUT2D eigenvalue weighted by molar-refractivity contribution is 9.10. The Bertz CT molecular complexity index is 789. The highest BCUT2D eigenvalue weighted by Crippen LogP contribution is 2.21. The van der Waals surface area contributed by atoms with Gasteiger partial charge in [0.1, 0.15) is 10.7 Å². The molecule has 0 aliphatic heterocycles. The van der Waals surface area contributed by atoms with Gasteiger partial charge in [-0.25, -0.2) is 4.98 Å². The van der Waals surface area contributed by atoms with Crippen LogP contribution in [0, 0.1) is 11.8 Å². The Balaban J connectivity index is 2.14. The first-order valence-corrected chi connectivity index (χ1v) is 10.7. The summed E-state index contributed by atoms with van der Waals surface area (Å²) in [4.78, 5) is 31.4. The molecule has 0 aliphatic rings. The summed E-state index contributed by atoms with van der Waals surface area (Å²) >= 11 is 4.86. The Kier molecular flexibility index (Phi) is 7.98. The molecule has 1 aromatic carbocycles. The fourth-order valence-corrected chi connectivity index (χ4v) is 3.75. The summed E-state index contributed by atoms with van der Waals surface area (Å²) in [5.74, 6) is 0.497. The number of hydrogen-bond donors (Lipinski definition) is 1. The predicted molar refractivity (Wildman–Crippen MR) is 113 cm³/mol. The molecule has 0 spiro atoms. The number of thiazole rings is 1. The van der Waals surface area contributed by atoms with Crippen LogP contribution in [0.2, 0.25) is 0 Å². The largest absolute Gasteiger partial charge is 0.350 e. The van der Waals surface area contributed by atoms with Crippen LogP contribution in [-0.4, -0.2) is 34.8 Å². The van der Waals surface area contributed by atoms with E-state index in [9.17, 15) is 9.59 Å². The molecule has 0 unspecified atom stereocenters. The second-order valence-electron chi connectivity index (χ2n) is 7.29. The molecule has 1 heterocycles. The zero-order valence-electron chi connectivity index (χ0n) is 16.2. The van der Waals surface area contributed by atoms with Crippen molar-refractivity contribution in [2.45, 2.75) is 34.2 Å². The van der Waals surface area contributed by atoms with Crippen molar-refractivity contribution >= 4 is 39.1 Å². The molecule has 0 aliphatic carbocycles. The summed E-state index contributed by atoms with van der Waals surface area (Å²) in [6.45, 7) is 9.87. The first-order valence-electron chi connectivity index (χ1n) is 9.04. The second-order valence-corrected chi connectivity index (χ2v) is 9.09. The van der Waals surface area contributed by atoms with Gasteiger partial charge in [-0.3, -0.25) is 9.59 Å². The van der Waals surface area contributed by atoms with E-state index in [0.29, 0.717) is 42.7 Å². The monoisotopic (exact) mass is 451 g/mol. The summed E-state index contributed by atoms with van der Waals surface area (Å²) in [6.07, 6.45) is 0. The number of hydrogen-bond acceptors (Lipinski definition) is 4. The number of halogens is 1. The number of carbonyl (C=O) groups excluding carboxylic acids is 2. The van der Waals surface area contributed by atoms with Gasteiger partial charge in [0.25, 0.3) is 11.8 Å². The lowest BCUT2D eigenvalue weighted by molar-refractivity contribution is 0.0721. The molecule has 146 valence electrons. The number of carbonyl (C=O) groups is 2. The highest BCUT2D eigenvalue weighted by Gasteiger charge is 2.21. The molecule has 1 N–H and O–H groups in total. The summed E-state index contributed by atoms with van der Waals surface area (Å²) in [5, 5.41) is 5.38. The van der Waals surface area contributed by atoms with Crippen molar-refractivity contribution in [1.82, 2.24) is 15.2 Å². The number of nitrogens with one attached hydrogen (secondary N) is 1. The van der Waals surface area contributed by atoms with E-state index in [1.165, 1.54) is 11.3 Å². The molecule has 0 bridgehead atoms. The van der Waals surface area contributed by atoms with Crippen molar-refractivity contribution in [2.24, 2.45) is 11.8 Å². The lowest BCUT2D eigenvalue weighted by atomic mass is 10.1. The van der Waals surface area contributed by atoms with Crippen LogP contribution in [-0.2, 0) is 6.54 Å². The zero-order chi connectivity index (χ0) is 20.0. The maximum atomic E-state index is 13.0. The zero-order valence-corrected chi connectivity index (χ0v) is 18.6. The van der Waals surface area contributed by atoms with Gasteiger partial charge in [-0.2, -0.15) is 0 Å². The molecule has 0 radical (unpaired) electrons. The van der Waals surface area contributed by atoms with Gasteiger partial charge in [0.05, 0.1) is 12.1 Å². The van der Waals surface area contributed by atoms with Gasteiger partial charge < -0.3 is 10.2 Å². The number of amides is 2. The van der Waals surface area contributed by atoms with Crippen molar-refractivity contribution < 1.29 is 9.59 Å². The van der Waals surface area contributed by atoms with E-state index in [-0.39, 0.29) is 11.8 Å². The predicted octanol–water partition coefficient (Wildman–Crippen LogP) is 4.59. The Hall–Kier alpha value is -1.73. The van der Waals surface area contributed by atoms with Crippen molar-refractivity contribution in [3.05, 3.63) is 50.4 Å². The molecule has 2 aromatic rings. The quantitative estimate of drug-likeness (QED) is 0.637. The van der Waals surface area contributed by atoms with Crippen LogP contribution < -0.4 is 5.32 Å². The van der Waals surface area contributed by atoms with Gasteiger partial charge in [-0.05, 0) is 39.9 Å². The number of benzene rings is 1.